The predicted octanol–water partition coefficient (Wildman–Crippen LogP) is 2.00. The molecule has 8 nitrogen and oxygen atoms in total. The number of amides is 2. The summed E-state index contributed by atoms with van der Waals surface area (Å²) in [6, 6.07) is 10.9. The summed E-state index contributed by atoms with van der Waals surface area (Å²) in [5, 5.41) is 13.3. The van der Waals surface area contributed by atoms with Crippen molar-refractivity contribution in [3.8, 4) is 23.2 Å². The number of rotatable bonds is 3. The highest BCUT2D eigenvalue weighted by Crippen LogP contribution is 2.47. The topological polar surface area (TPSA) is 123 Å². The minimum absolute atomic E-state index is 0.0615. The first kappa shape index (κ1) is 20.7. The lowest BCUT2D eigenvalue weighted by Crippen LogP contribution is -2.28. The van der Waals surface area contributed by atoms with Crippen molar-refractivity contribution in [1.82, 2.24) is 19.9 Å². The lowest BCUT2D eigenvalue weighted by molar-refractivity contribution is 0.0933. The molecule has 3 aromatic rings. The van der Waals surface area contributed by atoms with Gasteiger partial charge in [0.2, 0.25) is 0 Å². The summed E-state index contributed by atoms with van der Waals surface area (Å²) in [5.74, 6) is 5.22. The summed E-state index contributed by atoms with van der Waals surface area (Å²) in [7, 11) is 1.50. The van der Waals surface area contributed by atoms with Gasteiger partial charge in [0.25, 0.3) is 11.8 Å². The van der Waals surface area contributed by atoms with Crippen molar-refractivity contribution < 1.29 is 14.7 Å². The molecule has 0 radical (unpaired) electrons. The summed E-state index contributed by atoms with van der Waals surface area (Å²) < 4.78 is 1.77. The number of hydrogen-bond donors (Lipinski definition) is 3. The van der Waals surface area contributed by atoms with E-state index >= 15 is 0 Å². The number of carbonyl (C=O) groups is 2. The van der Waals surface area contributed by atoms with E-state index in [4.69, 9.17) is 5.73 Å². The molecule has 4 heterocycles. The van der Waals surface area contributed by atoms with E-state index in [9.17, 15) is 14.7 Å². The number of nitrogens with two attached hydrogens (primary N) is 1. The van der Waals surface area contributed by atoms with E-state index in [-0.39, 0.29) is 17.4 Å². The first-order valence-corrected chi connectivity index (χ1v) is 10.5. The molecule has 0 saturated carbocycles. The number of hydrogen-bond acceptors (Lipinski definition) is 5. The third kappa shape index (κ3) is 3.30. The SMILES string of the molecule is CNC(=O)c1c(C(N)=O)nc2n1C1C=C(C1)c1ccc(C#C[C@@](C)(O)c3ccccn3)cc1-2. The maximum Gasteiger partial charge on any atom is 0.270 e. The number of pyridine rings is 1. The number of aliphatic hydroxyl groups is 1. The van der Waals surface area contributed by atoms with Crippen LogP contribution in [-0.2, 0) is 5.60 Å². The van der Waals surface area contributed by atoms with Crippen LogP contribution in [0.3, 0.4) is 0 Å². The van der Waals surface area contributed by atoms with Gasteiger partial charge in [0.15, 0.2) is 11.3 Å². The van der Waals surface area contributed by atoms with E-state index in [1.54, 1.807) is 35.9 Å². The van der Waals surface area contributed by atoms with Gasteiger partial charge < -0.3 is 20.7 Å². The van der Waals surface area contributed by atoms with Crippen molar-refractivity contribution in [3.05, 3.63) is 76.9 Å². The van der Waals surface area contributed by atoms with Gasteiger partial charge in [0.05, 0.1) is 11.7 Å². The van der Waals surface area contributed by atoms with E-state index in [0.29, 0.717) is 17.1 Å². The Labute approximate surface area is 190 Å². The summed E-state index contributed by atoms with van der Waals surface area (Å²) in [6.45, 7) is 1.59. The normalized spacial score (nSPS) is 17.1. The molecule has 1 unspecified atom stereocenters. The van der Waals surface area contributed by atoms with Gasteiger partial charge in [0.1, 0.15) is 11.5 Å². The predicted molar refractivity (Wildman–Crippen MR) is 122 cm³/mol. The highest BCUT2D eigenvalue weighted by Gasteiger charge is 2.37. The molecular formula is C25H21N5O3. The van der Waals surface area contributed by atoms with Crippen LogP contribution in [0.4, 0.5) is 0 Å². The van der Waals surface area contributed by atoms with Gasteiger partial charge in [-0.05, 0) is 48.7 Å². The van der Waals surface area contributed by atoms with Gasteiger partial charge in [-0.1, -0.05) is 30.0 Å². The number of primary amides is 1. The number of carbonyl (C=O) groups excluding carboxylic acids is 2. The zero-order valence-electron chi connectivity index (χ0n) is 18.1. The molecule has 2 bridgehead atoms. The van der Waals surface area contributed by atoms with Crippen LogP contribution in [0.5, 0.6) is 0 Å². The van der Waals surface area contributed by atoms with E-state index in [2.05, 4.69) is 33.2 Å². The van der Waals surface area contributed by atoms with E-state index in [1.807, 2.05) is 18.2 Å². The number of nitrogens with one attached hydrogen (secondary N) is 1. The van der Waals surface area contributed by atoms with E-state index in [0.717, 1.165) is 23.1 Å². The zero-order chi connectivity index (χ0) is 23.3. The van der Waals surface area contributed by atoms with Gasteiger partial charge in [-0.3, -0.25) is 14.6 Å². The average molecular weight is 439 g/mol. The lowest BCUT2D eigenvalue weighted by Gasteiger charge is -2.26. The maximum absolute atomic E-state index is 12.6. The summed E-state index contributed by atoms with van der Waals surface area (Å²) in [6.07, 6.45) is 4.39. The molecule has 0 fully saturated rings. The number of imidazole rings is 1. The molecule has 0 saturated heterocycles. The third-order valence-electron chi connectivity index (χ3n) is 5.96. The van der Waals surface area contributed by atoms with Crippen molar-refractivity contribution in [2.24, 2.45) is 5.73 Å². The zero-order valence-corrected chi connectivity index (χ0v) is 18.1. The van der Waals surface area contributed by atoms with Crippen molar-refractivity contribution in [2.45, 2.75) is 25.0 Å². The minimum Gasteiger partial charge on any atom is -0.372 e. The molecule has 0 spiro atoms. The number of aromatic nitrogens is 3. The second-order valence-electron chi connectivity index (χ2n) is 8.21. The largest absolute Gasteiger partial charge is 0.372 e. The molecule has 2 atom stereocenters. The second-order valence-corrected chi connectivity index (χ2v) is 8.21. The Balaban J connectivity index is 1.64. The van der Waals surface area contributed by atoms with Crippen LogP contribution in [0.25, 0.3) is 17.0 Å². The average Bonchev–Trinajstić information content (AvgIpc) is 3.06. The molecule has 2 aliphatic heterocycles. The Morgan fingerprint density at radius 3 is 2.73 bits per heavy atom. The van der Waals surface area contributed by atoms with Crippen molar-refractivity contribution in [1.29, 1.82) is 0 Å². The second kappa shape index (κ2) is 7.43. The Morgan fingerprint density at radius 1 is 1.27 bits per heavy atom. The van der Waals surface area contributed by atoms with Gasteiger partial charge in [-0.2, -0.15) is 0 Å². The van der Waals surface area contributed by atoms with Crippen LogP contribution in [0.2, 0.25) is 0 Å². The highest BCUT2D eigenvalue weighted by atomic mass is 16.3. The molecule has 1 aliphatic carbocycles. The van der Waals surface area contributed by atoms with Crippen LogP contribution < -0.4 is 11.1 Å². The summed E-state index contributed by atoms with van der Waals surface area (Å²) >= 11 is 0. The van der Waals surface area contributed by atoms with Crippen LogP contribution in [0, 0.1) is 11.8 Å². The molecule has 33 heavy (non-hydrogen) atoms. The van der Waals surface area contributed by atoms with Crippen LogP contribution >= 0.6 is 0 Å². The molecular weight excluding hydrogens is 418 g/mol. The molecule has 1 aromatic carbocycles. The van der Waals surface area contributed by atoms with Gasteiger partial charge in [-0.15, -0.1) is 0 Å². The molecule has 8 heteroatoms. The third-order valence-corrected chi connectivity index (χ3v) is 5.96. The first-order valence-electron chi connectivity index (χ1n) is 10.5. The Hall–Kier alpha value is -4.22. The monoisotopic (exact) mass is 439 g/mol. The van der Waals surface area contributed by atoms with Gasteiger partial charge in [-0.25, -0.2) is 4.98 Å². The minimum atomic E-state index is -1.43. The Bertz CT molecular complexity index is 1410. The van der Waals surface area contributed by atoms with E-state index in [1.165, 1.54) is 7.05 Å². The number of nitrogens with zero attached hydrogens (tertiary/aromatic N) is 3. The van der Waals surface area contributed by atoms with Crippen LogP contribution in [-0.4, -0.2) is 38.5 Å². The molecule has 2 amide bonds. The number of benzene rings is 1. The smallest absolute Gasteiger partial charge is 0.270 e. The molecule has 164 valence electrons. The van der Waals surface area contributed by atoms with Crippen LogP contribution in [0.15, 0.2) is 48.7 Å². The van der Waals surface area contributed by atoms with E-state index < -0.39 is 17.4 Å². The fourth-order valence-corrected chi connectivity index (χ4v) is 4.24. The lowest BCUT2D eigenvalue weighted by atomic mass is 9.86. The van der Waals surface area contributed by atoms with Crippen molar-refractivity contribution >= 4 is 17.4 Å². The van der Waals surface area contributed by atoms with Crippen molar-refractivity contribution in [2.75, 3.05) is 7.05 Å². The standard InChI is InChI=1S/C25H21N5O3/c1-25(33,19-5-3-4-10-28-19)9-8-14-6-7-17-15-12-16(13-15)30-21(24(32)27-2)20(22(26)31)29-23(30)18(17)11-14/h3-7,10-12,16,33H,13H2,1-2H3,(H2,26,31)(H,27,32)/t16?,25-/m1/s1. The van der Waals surface area contributed by atoms with Crippen LogP contribution in [0.1, 0.15) is 57.2 Å². The molecule has 6 rings (SSSR count). The summed E-state index contributed by atoms with van der Waals surface area (Å²) in [4.78, 5) is 33.4. The molecule has 3 aliphatic rings. The van der Waals surface area contributed by atoms with Gasteiger partial charge >= 0.3 is 0 Å². The maximum atomic E-state index is 12.6. The fraction of sp³-hybridized carbons (Fsp3) is 0.200. The highest BCUT2D eigenvalue weighted by molar-refractivity contribution is 6.06. The number of allylic oxidation sites excluding steroid dienone is 2. The first-order chi connectivity index (χ1) is 15.8. The fourth-order valence-electron chi connectivity index (χ4n) is 4.24. The van der Waals surface area contributed by atoms with Gasteiger partial charge in [0, 0.05) is 24.4 Å². The summed E-state index contributed by atoms with van der Waals surface area (Å²) in [5.41, 5.74) is 8.19. The molecule has 2 aromatic heterocycles. The Kier molecular flexibility index (Phi) is 4.65. The quantitative estimate of drug-likeness (QED) is 0.539. The van der Waals surface area contributed by atoms with Crippen molar-refractivity contribution in [3.63, 3.8) is 0 Å². The Morgan fingerprint density at radius 2 is 2.06 bits per heavy atom. The molecule has 4 N–H and O–H groups in total.